The first-order valence-corrected chi connectivity index (χ1v) is 13.8. The Kier molecular flexibility index (Phi) is 7.69. The quantitative estimate of drug-likeness (QED) is 0.303. The number of carbonyl (C=O) groups is 1. The maximum Gasteiger partial charge on any atom is 0.283 e. The van der Waals surface area contributed by atoms with Gasteiger partial charge in [-0.1, -0.05) is 19.1 Å². The molecular weight excluding hydrogens is 516 g/mol. The number of amidine groups is 3. The minimum atomic E-state index is -3.72. The van der Waals surface area contributed by atoms with E-state index in [9.17, 15) is 13.2 Å². The fraction of sp³-hybridized carbons (Fsp3) is 0.280. The summed E-state index contributed by atoms with van der Waals surface area (Å²) in [6.45, 7) is 6.17. The lowest BCUT2D eigenvalue weighted by molar-refractivity contribution is -0.114. The highest BCUT2D eigenvalue weighted by molar-refractivity contribution is 8.16. The average Bonchev–Trinajstić information content (AvgIpc) is 3.31. The zero-order valence-corrected chi connectivity index (χ0v) is 22.4. The van der Waals surface area contributed by atoms with Crippen LogP contribution in [0, 0.1) is 19.3 Å². The Labute approximate surface area is 219 Å². The molecule has 1 N–H and O–H groups in total. The summed E-state index contributed by atoms with van der Waals surface area (Å²) in [7, 11) is -2.22. The first-order chi connectivity index (χ1) is 17.6. The van der Waals surface area contributed by atoms with Crippen molar-refractivity contribution in [2.75, 3.05) is 26.1 Å². The third-order valence-electron chi connectivity index (χ3n) is 5.74. The van der Waals surface area contributed by atoms with E-state index in [1.54, 1.807) is 18.2 Å². The predicted molar refractivity (Wildman–Crippen MR) is 144 cm³/mol. The number of nitrogens with zero attached hydrogens (tertiary/aromatic N) is 3. The van der Waals surface area contributed by atoms with Crippen molar-refractivity contribution in [2.45, 2.75) is 20.8 Å². The van der Waals surface area contributed by atoms with Crippen LogP contribution in [0.5, 0.6) is 17.2 Å². The average molecular weight is 543 g/mol. The van der Waals surface area contributed by atoms with Crippen LogP contribution in [0.4, 0.5) is 0 Å². The van der Waals surface area contributed by atoms with Crippen LogP contribution in [0.2, 0.25) is 0 Å². The van der Waals surface area contributed by atoms with Crippen LogP contribution in [0.3, 0.4) is 0 Å². The van der Waals surface area contributed by atoms with Gasteiger partial charge in [0.2, 0.25) is 20.2 Å². The van der Waals surface area contributed by atoms with E-state index in [2.05, 4.69) is 9.39 Å². The van der Waals surface area contributed by atoms with Crippen molar-refractivity contribution in [3.8, 4) is 17.2 Å². The molecule has 0 spiro atoms. The third kappa shape index (κ3) is 5.54. The molecular formula is C25H26N4O6S2. The van der Waals surface area contributed by atoms with Gasteiger partial charge in [-0.25, -0.2) is 13.3 Å². The van der Waals surface area contributed by atoms with Crippen LogP contribution in [-0.2, 0) is 14.6 Å². The van der Waals surface area contributed by atoms with Crippen LogP contribution in [0.25, 0.3) is 6.08 Å². The first kappa shape index (κ1) is 26.4. The molecule has 0 radical (unpaired) electrons. The smallest absolute Gasteiger partial charge is 0.283 e. The molecule has 2 heterocycles. The third-order valence-corrected chi connectivity index (χ3v) is 8.15. The second-order valence-electron chi connectivity index (χ2n) is 8.16. The number of fused-ring (bicyclic) bond motifs is 1. The summed E-state index contributed by atoms with van der Waals surface area (Å²) in [4.78, 5) is 17.6. The van der Waals surface area contributed by atoms with Crippen LogP contribution >= 0.6 is 11.9 Å². The summed E-state index contributed by atoms with van der Waals surface area (Å²) in [6, 6.07) is 10.9. The first-order valence-electron chi connectivity index (χ1n) is 11.4. The predicted octanol–water partition coefficient (Wildman–Crippen LogP) is 3.78. The summed E-state index contributed by atoms with van der Waals surface area (Å²) in [6.07, 6.45) is 1.46. The number of hydrogen-bond donors (Lipinski definition) is 1. The molecule has 37 heavy (non-hydrogen) atoms. The second kappa shape index (κ2) is 10.8. The Hall–Kier alpha value is -3.64. The number of nitrogens with one attached hydrogen (secondary N) is 1. The molecule has 2 aliphatic heterocycles. The summed E-state index contributed by atoms with van der Waals surface area (Å²) in [5.41, 5.74) is 2.82. The van der Waals surface area contributed by atoms with Crippen molar-refractivity contribution >= 4 is 49.9 Å². The van der Waals surface area contributed by atoms with E-state index in [1.165, 1.54) is 25.7 Å². The second-order valence-corrected chi connectivity index (χ2v) is 11.1. The van der Waals surface area contributed by atoms with Gasteiger partial charge in [-0.2, -0.15) is 9.39 Å². The lowest BCUT2D eigenvalue weighted by Crippen LogP contribution is -2.45. The van der Waals surface area contributed by atoms with Gasteiger partial charge >= 0.3 is 0 Å². The van der Waals surface area contributed by atoms with Gasteiger partial charge in [-0.3, -0.25) is 10.2 Å². The fourth-order valence-electron chi connectivity index (χ4n) is 3.50. The molecule has 0 bridgehead atoms. The van der Waals surface area contributed by atoms with E-state index in [1.807, 2.05) is 32.0 Å². The zero-order valence-electron chi connectivity index (χ0n) is 20.8. The SMILES string of the molecule is CCS(=O)(=O)C1=NSC2=NC(=O)/C(=C\c3ccc(OCCOc4ccc(C)c(C)c4)c(OC)c3)C(=N)N21. The van der Waals surface area contributed by atoms with Crippen molar-refractivity contribution in [2.24, 2.45) is 9.39 Å². The van der Waals surface area contributed by atoms with Gasteiger partial charge in [0, 0.05) is 0 Å². The number of amides is 1. The Morgan fingerprint density at radius 2 is 1.81 bits per heavy atom. The molecule has 4 rings (SSSR count). The van der Waals surface area contributed by atoms with Crippen molar-refractivity contribution in [1.29, 1.82) is 5.41 Å². The Morgan fingerprint density at radius 3 is 2.51 bits per heavy atom. The number of rotatable bonds is 8. The Morgan fingerprint density at radius 1 is 1.05 bits per heavy atom. The molecule has 10 nitrogen and oxygen atoms in total. The zero-order chi connectivity index (χ0) is 26.7. The molecule has 12 heteroatoms. The number of aryl methyl sites for hydroxylation is 2. The highest BCUT2D eigenvalue weighted by atomic mass is 32.2. The molecule has 0 saturated heterocycles. The van der Waals surface area contributed by atoms with Gasteiger partial charge < -0.3 is 14.2 Å². The largest absolute Gasteiger partial charge is 0.493 e. The van der Waals surface area contributed by atoms with E-state index in [0.717, 1.165) is 28.2 Å². The molecule has 0 aromatic heterocycles. The summed E-state index contributed by atoms with van der Waals surface area (Å²) in [5.74, 6) is 0.521. The lowest BCUT2D eigenvalue weighted by atomic mass is 10.1. The molecule has 2 aliphatic rings. The van der Waals surface area contributed by atoms with Crippen LogP contribution < -0.4 is 14.2 Å². The van der Waals surface area contributed by atoms with Crippen molar-refractivity contribution < 1.29 is 27.4 Å². The number of methoxy groups -OCH3 is 1. The topological polar surface area (TPSA) is 131 Å². The summed E-state index contributed by atoms with van der Waals surface area (Å²) >= 11 is 0.759. The van der Waals surface area contributed by atoms with Gasteiger partial charge in [-0.15, -0.1) is 0 Å². The lowest BCUT2D eigenvalue weighted by Gasteiger charge is -2.24. The number of carbonyl (C=O) groups excluding carboxylic acids is 1. The van der Waals surface area contributed by atoms with Gasteiger partial charge in [0.05, 0.1) is 30.4 Å². The maximum atomic E-state index is 12.6. The minimum Gasteiger partial charge on any atom is -0.493 e. The standard InChI is InChI=1S/C25H26N4O6S2/c1-5-37(31,32)25-28-36-24-27-23(30)19(22(26)29(24)25)13-17-7-9-20(21(14-17)33-4)35-11-10-34-18-8-6-15(2)16(3)12-18/h6-9,12-14,26H,5,10-11H2,1-4H3/b19-13-,26-22?. The summed E-state index contributed by atoms with van der Waals surface area (Å²) < 4.78 is 45.7. The monoisotopic (exact) mass is 542 g/mol. The molecule has 2 aromatic rings. The molecule has 1 amide bonds. The Bertz CT molecular complexity index is 1460. The number of hydrogen-bond acceptors (Lipinski definition) is 9. The number of benzene rings is 2. The van der Waals surface area contributed by atoms with E-state index >= 15 is 0 Å². The van der Waals surface area contributed by atoms with E-state index < -0.39 is 15.7 Å². The van der Waals surface area contributed by atoms with E-state index in [4.69, 9.17) is 19.6 Å². The fourth-order valence-corrected chi connectivity index (χ4v) is 5.47. The van der Waals surface area contributed by atoms with Gasteiger partial charge in [0.25, 0.3) is 5.91 Å². The van der Waals surface area contributed by atoms with E-state index in [-0.39, 0.29) is 34.1 Å². The Balaban J connectivity index is 1.48. The van der Waals surface area contributed by atoms with Crippen LogP contribution in [0.15, 0.2) is 51.4 Å². The van der Waals surface area contributed by atoms with E-state index in [0.29, 0.717) is 23.7 Å². The summed E-state index contributed by atoms with van der Waals surface area (Å²) in [5, 5.41) is 8.26. The normalized spacial score (nSPS) is 16.4. The minimum absolute atomic E-state index is 0.0449. The van der Waals surface area contributed by atoms with Crippen molar-refractivity contribution in [1.82, 2.24) is 4.90 Å². The van der Waals surface area contributed by atoms with Gasteiger partial charge in [-0.05, 0) is 60.9 Å². The van der Waals surface area contributed by atoms with Gasteiger partial charge in [0.1, 0.15) is 24.8 Å². The molecule has 0 atom stereocenters. The van der Waals surface area contributed by atoms with Crippen molar-refractivity contribution in [3.05, 3.63) is 58.7 Å². The highest BCUT2D eigenvalue weighted by Gasteiger charge is 2.42. The molecule has 0 fully saturated rings. The maximum absolute atomic E-state index is 12.6. The van der Waals surface area contributed by atoms with Gasteiger partial charge in [0.15, 0.2) is 11.5 Å². The highest BCUT2D eigenvalue weighted by Crippen LogP contribution is 2.32. The number of ether oxygens (including phenoxy) is 3. The molecule has 0 saturated carbocycles. The van der Waals surface area contributed by atoms with Crippen molar-refractivity contribution in [3.63, 3.8) is 0 Å². The number of aliphatic imine (C=N–C) groups is 1. The van der Waals surface area contributed by atoms with Crippen LogP contribution in [-0.4, -0.2) is 61.5 Å². The molecule has 0 aliphatic carbocycles. The molecule has 2 aromatic carbocycles. The number of sulfone groups is 1. The molecule has 194 valence electrons. The van der Waals surface area contributed by atoms with Crippen LogP contribution in [0.1, 0.15) is 23.6 Å². The molecule has 0 unspecified atom stereocenters.